The smallest absolute Gasteiger partial charge is 0.198 e. The molecule has 0 aliphatic heterocycles. The monoisotopic (exact) mass is 226 g/mol. The summed E-state index contributed by atoms with van der Waals surface area (Å²) in [6, 6.07) is 3.53. The summed E-state index contributed by atoms with van der Waals surface area (Å²) in [7, 11) is 0. The molecule has 3 rings (SSSR count). The Labute approximate surface area is 97.3 Å². The van der Waals surface area contributed by atoms with Gasteiger partial charge < -0.3 is 9.40 Å². The fourth-order valence-corrected chi connectivity index (χ4v) is 1.92. The van der Waals surface area contributed by atoms with Crippen LogP contribution in [0.1, 0.15) is 21.7 Å². The van der Waals surface area contributed by atoms with Gasteiger partial charge in [-0.05, 0) is 19.1 Å². The number of aromatic amines is 1. The zero-order chi connectivity index (χ0) is 11.8. The van der Waals surface area contributed by atoms with E-state index in [-0.39, 0.29) is 5.78 Å². The number of nitrogens with zero attached hydrogens (tertiary/aromatic N) is 1. The Bertz CT molecular complexity index is 694. The Balaban J connectivity index is 2.17. The standard InChI is InChI=1S/C13H10N2O2/c1-8-9(3-5-17-8)13(16)11-7-15-12-2-4-14-6-10(11)12/h2-7,15H,1H3. The van der Waals surface area contributed by atoms with E-state index >= 15 is 0 Å². The Morgan fingerprint density at radius 1 is 1.35 bits per heavy atom. The Hall–Kier alpha value is -2.36. The number of fused-ring (bicyclic) bond motifs is 1. The van der Waals surface area contributed by atoms with Crippen LogP contribution in [-0.2, 0) is 0 Å². The Morgan fingerprint density at radius 2 is 2.24 bits per heavy atom. The molecule has 84 valence electrons. The molecule has 3 aromatic heterocycles. The molecule has 0 saturated heterocycles. The summed E-state index contributed by atoms with van der Waals surface area (Å²) in [5.41, 5.74) is 2.12. The Morgan fingerprint density at radius 3 is 3.00 bits per heavy atom. The van der Waals surface area contributed by atoms with Crippen molar-refractivity contribution in [3.8, 4) is 0 Å². The van der Waals surface area contributed by atoms with Gasteiger partial charge in [0.2, 0.25) is 0 Å². The second-order valence-corrected chi connectivity index (χ2v) is 3.84. The Kier molecular flexibility index (Phi) is 2.08. The molecular formula is C13H10N2O2. The van der Waals surface area contributed by atoms with Gasteiger partial charge in [0, 0.05) is 35.1 Å². The number of pyridine rings is 1. The molecule has 3 aromatic rings. The highest BCUT2D eigenvalue weighted by Gasteiger charge is 2.17. The van der Waals surface area contributed by atoms with Crippen LogP contribution in [0.25, 0.3) is 10.9 Å². The van der Waals surface area contributed by atoms with Gasteiger partial charge in [-0.2, -0.15) is 0 Å². The van der Waals surface area contributed by atoms with Crippen LogP contribution in [0.3, 0.4) is 0 Å². The average molecular weight is 226 g/mol. The van der Waals surface area contributed by atoms with Crippen LogP contribution in [0.5, 0.6) is 0 Å². The number of furan rings is 1. The van der Waals surface area contributed by atoms with Crippen LogP contribution >= 0.6 is 0 Å². The lowest BCUT2D eigenvalue weighted by Crippen LogP contribution is -2.00. The van der Waals surface area contributed by atoms with Gasteiger partial charge in [0.05, 0.1) is 11.8 Å². The predicted molar refractivity (Wildman–Crippen MR) is 63.0 cm³/mol. The van der Waals surface area contributed by atoms with Gasteiger partial charge in [-0.3, -0.25) is 9.78 Å². The third kappa shape index (κ3) is 1.45. The number of H-pyrrole nitrogens is 1. The van der Waals surface area contributed by atoms with Crippen LogP contribution in [0.4, 0.5) is 0 Å². The number of hydrogen-bond acceptors (Lipinski definition) is 3. The molecule has 0 aromatic carbocycles. The first kappa shape index (κ1) is 9.84. The minimum absolute atomic E-state index is 0.0458. The molecule has 0 aliphatic rings. The maximum Gasteiger partial charge on any atom is 0.198 e. The first-order valence-corrected chi connectivity index (χ1v) is 5.27. The molecule has 0 bridgehead atoms. The second-order valence-electron chi connectivity index (χ2n) is 3.84. The van der Waals surface area contributed by atoms with Gasteiger partial charge >= 0.3 is 0 Å². The van der Waals surface area contributed by atoms with Gasteiger partial charge in [0.25, 0.3) is 0 Å². The van der Waals surface area contributed by atoms with E-state index < -0.39 is 0 Å². The molecule has 0 fully saturated rings. The molecule has 0 radical (unpaired) electrons. The molecule has 4 nitrogen and oxygen atoms in total. The fourth-order valence-electron chi connectivity index (χ4n) is 1.92. The molecule has 0 unspecified atom stereocenters. The van der Waals surface area contributed by atoms with Crippen molar-refractivity contribution in [2.75, 3.05) is 0 Å². The number of rotatable bonds is 2. The van der Waals surface area contributed by atoms with Crippen molar-refractivity contribution < 1.29 is 9.21 Å². The molecule has 4 heteroatoms. The molecule has 0 amide bonds. The highest BCUT2D eigenvalue weighted by molar-refractivity contribution is 6.16. The summed E-state index contributed by atoms with van der Waals surface area (Å²) >= 11 is 0. The molecule has 3 heterocycles. The normalized spacial score (nSPS) is 10.9. The maximum absolute atomic E-state index is 12.3. The van der Waals surface area contributed by atoms with Crippen molar-refractivity contribution in [2.45, 2.75) is 6.92 Å². The van der Waals surface area contributed by atoms with E-state index in [0.717, 1.165) is 10.9 Å². The van der Waals surface area contributed by atoms with Crippen molar-refractivity contribution in [1.29, 1.82) is 0 Å². The van der Waals surface area contributed by atoms with Gasteiger partial charge in [-0.1, -0.05) is 0 Å². The summed E-state index contributed by atoms with van der Waals surface area (Å²) in [5.74, 6) is 0.587. The SMILES string of the molecule is Cc1occc1C(=O)c1c[nH]c2ccncc12. The van der Waals surface area contributed by atoms with Crippen molar-refractivity contribution in [2.24, 2.45) is 0 Å². The number of aromatic nitrogens is 2. The largest absolute Gasteiger partial charge is 0.469 e. The topological polar surface area (TPSA) is 58.9 Å². The molecule has 0 aliphatic carbocycles. The van der Waals surface area contributed by atoms with E-state index in [1.807, 2.05) is 6.07 Å². The number of nitrogens with one attached hydrogen (secondary N) is 1. The zero-order valence-corrected chi connectivity index (χ0v) is 9.23. The summed E-state index contributed by atoms with van der Waals surface area (Å²) < 4.78 is 5.15. The van der Waals surface area contributed by atoms with Gasteiger partial charge in [-0.25, -0.2) is 0 Å². The van der Waals surface area contributed by atoms with Crippen LogP contribution in [0.15, 0.2) is 41.4 Å². The maximum atomic E-state index is 12.3. The molecular weight excluding hydrogens is 216 g/mol. The first-order valence-electron chi connectivity index (χ1n) is 5.27. The van der Waals surface area contributed by atoms with E-state index in [4.69, 9.17) is 4.42 Å². The highest BCUT2D eigenvalue weighted by atomic mass is 16.3. The van der Waals surface area contributed by atoms with E-state index in [2.05, 4.69) is 9.97 Å². The minimum Gasteiger partial charge on any atom is -0.469 e. The minimum atomic E-state index is -0.0458. The van der Waals surface area contributed by atoms with Gasteiger partial charge in [-0.15, -0.1) is 0 Å². The number of carbonyl (C=O) groups is 1. The molecule has 17 heavy (non-hydrogen) atoms. The lowest BCUT2D eigenvalue weighted by Gasteiger charge is -1.96. The predicted octanol–water partition coefficient (Wildman–Crippen LogP) is 2.70. The van der Waals surface area contributed by atoms with Crippen molar-refractivity contribution >= 4 is 16.7 Å². The molecule has 0 spiro atoms. The quantitative estimate of drug-likeness (QED) is 0.683. The average Bonchev–Trinajstić information content (AvgIpc) is 2.94. The van der Waals surface area contributed by atoms with E-state index in [1.54, 1.807) is 31.6 Å². The number of carbonyl (C=O) groups excluding carboxylic acids is 1. The summed E-state index contributed by atoms with van der Waals surface area (Å²) in [4.78, 5) is 19.4. The molecule has 0 saturated carbocycles. The summed E-state index contributed by atoms with van der Waals surface area (Å²) in [6.45, 7) is 1.78. The van der Waals surface area contributed by atoms with Gasteiger partial charge in [0.15, 0.2) is 5.78 Å². The van der Waals surface area contributed by atoms with Crippen LogP contribution in [0, 0.1) is 6.92 Å². The third-order valence-electron chi connectivity index (χ3n) is 2.83. The van der Waals surface area contributed by atoms with Crippen LogP contribution < -0.4 is 0 Å². The summed E-state index contributed by atoms with van der Waals surface area (Å²) in [5, 5.41) is 0.832. The van der Waals surface area contributed by atoms with Crippen LogP contribution in [0.2, 0.25) is 0 Å². The van der Waals surface area contributed by atoms with Crippen molar-refractivity contribution in [3.05, 3.63) is 53.9 Å². The summed E-state index contributed by atoms with van der Waals surface area (Å²) in [6.07, 6.45) is 6.61. The third-order valence-corrected chi connectivity index (χ3v) is 2.83. The molecule has 0 atom stereocenters. The molecule has 1 N–H and O–H groups in total. The van der Waals surface area contributed by atoms with E-state index in [1.165, 1.54) is 6.26 Å². The number of ketones is 1. The zero-order valence-electron chi connectivity index (χ0n) is 9.23. The lowest BCUT2D eigenvalue weighted by molar-refractivity contribution is 0.103. The van der Waals surface area contributed by atoms with Crippen molar-refractivity contribution in [3.63, 3.8) is 0 Å². The van der Waals surface area contributed by atoms with E-state index in [0.29, 0.717) is 16.9 Å². The first-order chi connectivity index (χ1) is 8.27. The van der Waals surface area contributed by atoms with Crippen LogP contribution in [-0.4, -0.2) is 15.8 Å². The van der Waals surface area contributed by atoms with Crippen molar-refractivity contribution in [1.82, 2.24) is 9.97 Å². The van der Waals surface area contributed by atoms with Gasteiger partial charge in [0.1, 0.15) is 5.76 Å². The van der Waals surface area contributed by atoms with E-state index in [9.17, 15) is 4.79 Å². The highest BCUT2D eigenvalue weighted by Crippen LogP contribution is 2.21. The second kappa shape index (κ2) is 3.59. The lowest BCUT2D eigenvalue weighted by atomic mass is 10.0. The fraction of sp³-hybridized carbons (Fsp3) is 0.0769. The number of aryl methyl sites for hydroxylation is 1. The number of hydrogen-bond donors (Lipinski definition) is 1.